The van der Waals surface area contributed by atoms with E-state index < -0.39 is 15.9 Å². The number of aryl methyl sites for hydroxylation is 1. The first kappa shape index (κ1) is 12.2. The van der Waals surface area contributed by atoms with Crippen molar-refractivity contribution in [3.05, 3.63) is 12.4 Å². The topological polar surface area (TPSA) is 92.4 Å². The standard InChI is InChI=1S/C8H14N2O4S/c1-15(13,14)8-4-9-10(5-8)3-2-7(12)6-11/h4-5,7,11-12H,2-3,6H2,1H3. The minimum absolute atomic E-state index is 0.154. The molecule has 1 unspecified atom stereocenters. The molecule has 1 rings (SSSR count). The maximum Gasteiger partial charge on any atom is 0.178 e. The maximum atomic E-state index is 11.1. The summed E-state index contributed by atoms with van der Waals surface area (Å²) >= 11 is 0. The fourth-order valence-electron chi connectivity index (χ4n) is 1.03. The van der Waals surface area contributed by atoms with Crippen LogP contribution in [0.3, 0.4) is 0 Å². The van der Waals surface area contributed by atoms with Crippen molar-refractivity contribution in [2.24, 2.45) is 0 Å². The second-order valence-corrected chi connectivity index (χ2v) is 5.35. The smallest absolute Gasteiger partial charge is 0.178 e. The van der Waals surface area contributed by atoms with Crippen molar-refractivity contribution in [2.75, 3.05) is 12.9 Å². The summed E-state index contributed by atoms with van der Waals surface area (Å²) in [5.41, 5.74) is 0. The summed E-state index contributed by atoms with van der Waals surface area (Å²) in [5, 5.41) is 21.5. The van der Waals surface area contributed by atoms with Crippen LogP contribution in [0.4, 0.5) is 0 Å². The van der Waals surface area contributed by atoms with E-state index in [1.807, 2.05) is 0 Å². The van der Waals surface area contributed by atoms with Crippen LogP contribution in [0.15, 0.2) is 17.3 Å². The van der Waals surface area contributed by atoms with E-state index >= 15 is 0 Å². The molecular weight excluding hydrogens is 220 g/mol. The second-order valence-electron chi connectivity index (χ2n) is 3.34. The predicted molar refractivity (Wildman–Crippen MR) is 53.0 cm³/mol. The third-order valence-corrected chi connectivity index (χ3v) is 3.01. The average molecular weight is 234 g/mol. The Morgan fingerprint density at radius 1 is 1.60 bits per heavy atom. The molecule has 2 N–H and O–H groups in total. The van der Waals surface area contributed by atoms with E-state index in [0.717, 1.165) is 6.26 Å². The minimum Gasteiger partial charge on any atom is -0.394 e. The number of aliphatic hydroxyl groups is 2. The van der Waals surface area contributed by atoms with E-state index in [1.165, 1.54) is 17.1 Å². The summed E-state index contributed by atoms with van der Waals surface area (Å²) < 4.78 is 23.6. The molecule has 7 heteroatoms. The van der Waals surface area contributed by atoms with Gasteiger partial charge in [-0.3, -0.25) is 4.68 Å². The van der Waals surface area contributed by atoms with Crippen molar-refractivity contribution in [1.82, 2.24) is 9.78 Å². The molecule has 1 aromatic heterocycles. The molecule has 0 aliphatic rings. The van der Waals surface area contributed by atoms with E-state index in [4.69, 9.17) is 10.2 Å². The molecule has 0 fully saturated rings. The summed E-state index contributed by atoms with van der Waals surface area (Å²) in [6.45, 7) is 0.0669. The first-order valence-electron chi connectivity index (χ1n) is 4.45. The molecule has 1 heterocycles. The zero-order valence-corrected chi connectivity index (χ0v) is 9.18. The summed E-state index contributed by atoms with van der Waals surface area (Å²) in [5.74, 6) is 0. The van der Waals surface area contributed by atoms with Crippen molar-refractivity contribution < 1.29 is 18.6 Å². The third-order valence-electron chi connectivity index (χ3n) is 1.94. The normalized spacial score (nSPS) is 14.1. The Labute approximate surface area is 88.1 Å². The van der Waals surface area contributed by atoms with Crippen LogP contribution in [0.2, 0.25) is 0 Å². The van der Waals surface area contributed by atoms with Gasteiger partial charge in [-0.05, 0) is 6.42 Å². The predicted octanol–water partition coefficient (Wildman–Crippen LogP) is -0.970. The Bertz CT molecular complexity index is 412. The lowest BCUT2D eigenvalue weighted by molar-refractivity contribution is 0.0837. The van der Waals surface area contributed by atoms with Crippen LogP contribution in [-0.4, -0.2) is 47.4 Å². The van der Waals surface area contributed by atoms with Gasteiger partial charge in [0.25, 0.3) is 0 Å². The SMILES string of the molecule is CS(=O)(=O)c1cnn(CCC(O)CO)c1. The molecule has 0 aromatic carbocycles. The summed E-state index contributed by atoms with van der Waals surface area (Å²) in [6, 6.07) is 0. The second kappa shape index (κ2) is 4.73. The van der Waals surface area contributed by atoms with Crippen LogP contribution >= 0.6 is 0 Å². The summed E-state index contributed by atoms with van der Waals surface area (Å²) in [7, 11) is -3.22. The van der Waals surface area contributed by atoms with Gasteiger partial charge in [0.2, 0.25) is 0 Å². The van der Waals surface area contributed by atoms with E-state index in [0.29, 0.717) is 13.0 Å². The number of aliphatic hydroxyl groups excluding tert-OH is 2. The van der Waals surface area contributed by atoms with Crippen LogP contribution in [0.1, 0.15) is 6.42 Å². The van der Waals surface area contributed by atoms with Crippen LogP contribution in [0, 0.1) is 0 Å². The maximum absolute atomic E-state index is 11.1. The fourth-order valence-corrected chi connectivity index (χ4v) is 1.58. The molecule has 0 aliphatic heterocycles. The number of aromatic nitrogens is 2. The van der Waals surface area contributed by atoms with E-state index in [1.54, 1.807) is 0 Å². The van der Waals surface area contributed by atoms with Gasteiger partial charge in [-0.1, -0.05) is 0 Å². The molecule has 0 amide bonds. The van der Waals surface area contributed by atoms with Crippen molar-refractivity contribution in [3.8, 4) is 0 Å². The van der Waals surface area contributed by atoms with Gasteiger partial charge in [0.05, 0.1) is 18.9 Å². The van der Waals surface area contributed by atoms with Gasteiger partial charge in [-0.15, -0.1) is 0 Å². The Hall–Kier alpha value is -0.920. The Balaban J connectivity index is 2.62. The number of rotatable bonds is 5. The zero-order chi connectivity index (χ0) is 11.5. The molecule has 0 saturated carbocycles. The average Bonchev–Trinajstić information content (AvgIpc) is 2.61. The van der Waals surface area contributed by atoms with Gasteiger partial charge in [-0.2, -0.15) is 5.10 Å². The van der Waals surface area contributed by atoms with E-state index in [2.05, 4.69) is 5.10 Å². The minimum atomic E-state index is -3.22. The van der Waals surface area contributed by atoms with Crippen LogP contribution in [0.5, 0.6) is 0 Å². The molecule has 0 saturated heterocycles. The monoisotopic (exact) mass is 234 g/mol. The first-order valence-corrected chi connectivity index (χ1v) is 6.34. The van der Waals surface area contributed by atoms with E-state index in [9.17, 15) is 8.42 Å². The zero-order valence-electron chi connectivity index (χ0n) is 8.37. The molecule has 1 aromatic rings. The molecular formula is C8H14N2O4S. The van der Waals surface area contributed by atoms with Gasteiger partial charge in [0.1, 0.15) is 4.90 Å². The van der Waals surface area contributed by atoms with Crippen molar-refractivity contribution in [3.63, 3.8) is 0 Å². The number of hydrogen-bond donors (Lipinski definition) is 2. The summed E-state index contributed by atoms with van der Waals surface area (Å²) in [4.78, 5) is 0.154. The Kier molecular flexibility index (Phi) is 3.83. The van der Waals surface area contributed by atoms with Gasteiger partial charge >= 0.3 is 0 Å². The van der Waals surface area contributed by atoms with Crippen molar-refractivity contribution in [2.45, 2.75) is 24.0 Å². The quantitative estimate of drug-likeness (QED) is 0.684. The molecule has 15 heavy (non-hydrogen) atoms. The molecule has 0 aliphatic carbocycles. The van der Waals surface area contributed by atoms with Crippen LogP contribution in [-0.2, 0) is 16.4 Å². The lowest BCUT2D eigenvalue weighted by Crippen LogP contribution is -2.15. The van der Waals surface area contributed by atoms with Crippen LogP contribution < -0.4 is 0 Å². The van der Waals surface area contributed by atoms with Gasteiger partial charge in [-0.25, -0.2) is 8.42 Å². The fraction of sp³-hybridized carbons (Fsp3) is 0.625. The van der Waals surface area contributed by atoms with Gasteiger partial charge in [0, 0.05) is 19.0 Å². The Morgan fingerprint density at radius 2 is 2.27 bits per heavy atom. The van der Waals surface area contributed by atoms with Gasteiger partial charge in [0.15, 0.2) is 9.84 Å². The highest BCUT2D eigenvalue weighted by Gasteiger charge is 2.10. The molecule has 6 nitrogen and oxygen atoms in total. The lowest BCUT2D eigenvalue weighted by atomic mass is 10.3. The first-order chi connectivity index (χ1) is 6.93. The highest BCUT2D eigenvalue weighted by atomic mass is 32.2. The molecule has 0 radical (unpaired) electrons. The molecule has 1 atom stereocenters. The number of sulfone groups is 1. The molecule has 0 spiro atoms. The summed E-state index contributed by atoms with van der Waals surface area (Å²) in [6.07, 6.45) is 3.31. The molecule has 0 bridgehead atoms. The lowest BCUT2D eigenvalue weighted by Gasteiger charge is -2.05. The highest BCUT2D eigenvalue weighted by molar-refractivity contribution is 7.90. The van der Waals surface area contributed by atoms with Gasteiger partial charge < -0.3 is 10.2 Å². The number of hydrogen-bond acceptors (Lipinski definition) is 5. The Morgan fingerprint density at radius 3 is 2.73 bits per heavy atom. The van der Waals surface area contributed by atoms with Crippen molar-refractivity contribution >= 4 is 9.84 Å². The van der Waals surface area contributed by atoms with E-state index in [-0.39, 0.29) is 11.5 Å². The number of nitrogens with zero attached hydrogens (tertiary/aromatic N) is 2. The van der Waals surface area contributed by atoms with Crippen molar-refractivity contribution in [1.29, 1.82) is 0 Å². The van der Waals surface area contributed by atoms with Crippen LogP contribution in [0.25, 0.3) is 0 Å². The third kappa shape index (κ3) is 3.61. The largest absolute Gasteiger partial charge is 0.394 e. The molecule has 86 valence electrons. The highest BCUT2D eigenvalue weighted by Crippen LogP contribution is 2.07.